The molecule has 1 N–H and O–H groups in total. The topological polar surface area (TPSA) is 74.7 Å². The van der Waals surface area contributed by atoms with E-state index in [-0.39, 0.29) is 10.8 Å². The van der Waals surface area contributed by atoms with Crippen molar-refractivity contribution in [1.82, 2.24) is 4.31 Å². The van der Waals surface area contributed by atoms with Crippen LogP contribution in [0, 0.1) is 5.92 Å². The third-order valence-electron chi connectivity index (χ3n) is 2.17. The van der Waals surface area contributed by atoms with Gasteiger partial charge in [0.1, 0.15) is 4.21 Å². The van der Waals surface area contributed by atoms with Gasteiger partial charge in [0.05, 0.1) is 9.70 Å². The molecule has 5 nitrogen and oxygen atoms in total. The molecule has 0 aromatic carbocycles. The molecule has 1 heterocycles. The van der Waals surface area contributed by atoms with Crippen molar-refractivity contribution in [3.63, 3.8) is 0 Å². The van der Waals surface area contributed by atoms with Crippen LogP contribution in [0.15, 0.2) is 20.1 Å². The van der Waals surface area contributed by atoms with Crippen LogP contribution in [-0.2, 0) is 14.8 Å². The number of carbonyl (C=O) groups is 1. The highest BCUT2D eigenvalue weighted by Gasteiger charge is 2.25. The predicted molar refractivity (Wildman–Crippen MR) is 68.6 cm³/mol. The van der Waals surface area contributed by atoms with Gasteiger partial charge >= 0.3 is 5.97 Å². The van der Waals surface area contributed by atoms with Gasteiger partial charge in [-0.25, -0.2) is 8.42 Å². The van der Waals surface area contributed by atoms with Crippen molar-refractivity contribution in [3.05, 3.63) is 15.9 Å². The molecule has 1 atom stereocenters. The molecular weight excluding hydrogens is 330 g/mol. The van der Waals surface area contributed by atoms with Crippen LogP contribution < -0.4 is 0 Å². The van der Waals surface area contributed by atoms with E-state index >= 15 is 0 Å². The number of carboxylic acids is 1. The van der Waals surface area contributed by atoms with Gasteiger partial charge in [0.2, 0.25) is 0 Å². The average Bonchev–Trinajstić information content (AvgIpc) is 2.64. The third kappa shape index (κ3) is 3.51. The Morgan fingerprint density at radius 1 is 1.59 bits per heavy atom. The third-order valence-corrected chi connectivity index (χ3v) is 6.08. The molecule has 1 unspecified atom stereocenters. The quantitative estimate of drug-likeness (QED) is 0.886. The van der Waals surface area contributed by atoms with E-state index in [1.807, 2.05) is 0 Å². The van der Waals surface area contributed by atoms with Crippen molar-refractivity contribution >= 4 is 43.3 Å². The van der Waals surface area contributed by atoms with E-state index in [0.717, 1.165) is 19.4 Å². The molecule has 0 aliphatic rings. The Labute approximate surface area is 112 Å². The number of carboxylic acid groups (broad SMARTS) is 1. The molecule has 96 valence electrons. The minimum atomic E-state index is -3.59. The Bertz CT molecular complexity index is 511. The minimum absolute atomic E-state index is 0.0484. The number of halogens is 1. The van der Waals surface area contributed by atoms with Crippen LogP contribution in [0.4, 0.5) is 0 Å². The summed E-state index contributed by atoms with van der Waals surface area (Å²) in [4.78, 5) is 10.7. The highest BCUT2D eigenvalue weighted by atomic mass is 79.9. The second-order valence-electron chi connectivity index (χ2n) is 3.58. The van der Waals surface area contributed by atoms with Gasteiger partial charge in [-0.3, -0.25) is 4.79 Å². The Morgan fingerprint density at radius 3 is 2.59 bits per heavy atom. The molecule has 1 aromatic rings. The molecule has 0 fully saturated rings. The number of thiophene rings is 1. The van der Waals surface area contributed by atoms with Gasteiger partial charge in [-0.15, -0.1) is 11.3 Å². The molecule has 0 saturated carbocycles. The predicted octanol–water partition coefficient (Wildman–Crippen LogP) is 1.85. The lowest BCUT2D eigenvalue weighted by atomic mass is 10.2. The maximum absolute atomic E-state index is 12.0. The van der Waals surface area contributed by atoms with Crippen LogP contribution in [0.2, 0.25) is 0 Å². The lowest BCUT2D eigenvalue weighted by Gasteiger charge is -2.18. The molecular formula is C9H12BrNO4S2. The Balaban J connectivity index is 2.88. The first kappa shape index (κ1) is 14.6. The molecule has 0 radical (unpaired) electrons. The summed E-state index contributed by atoms with van der Waals surface area (Å²) >= 11 is 4.29. The molecule has 8 heteroatoms. The van der Waals surface area contributed by atoms with Gasteiger partial charge in [-0.05, 0) is 28.1 Å². The van der Waals surface area contributed by atoms with E-state index in [1.165, 1.54) is 20.0 Å². The van der Waals surface area contributed by atoms with E-state index in [0.29, 0.717) is 0 Å². The zero-order valence-electron chi connectivity index (χ0n) is 9.25. The number of nitrogens with zero attached hydrogens (tertiary/aromatic N) is 1. The second kappa shape index (κ2) is 5.47. The average molecular weight is 342 g/mol. The molecule has 0 amide bonds. The summed E-state index contributed by atoms with van der Waals surface area (Å²) in [6.07, 6.45) is 0. The lowest BCUT2D eigenvalue weighted by molar-refractivity contribution is -0.141. The number of sulfonamides is 1. The zero-order chi connectivity index (χ0) is 13.2. The van der Waals surface area contributed by atoms with Crippen LogP contribution in [-0.4, -0.2) is 37.4 Å². The zero-order valence-corrected chi connectivity index (χ0v) is 12.5. The summed E-state index contributed by atoms with van der Waals surface area (Å²) in [6.45, 7) is 1.42. The van der Waals surface area contributed by atoms with Gasteiger partial charge in [-0.2, -0.15) is 4.31 Å². The fraction of sp³-hybridized carbons (Fsp3) is 0.444. The van der Waals surface area contributed by atoms with Crippen molar-refractivity contribution in [2.45, 2.75) is 11.1 Å². The van der Waals surface area contributed by atoms with Crippen molar-refractivity contribution < 1.29 is 18.3 Å². The Morgan fingerprint density at radius 2 is 2.18 bits per heavy atom. The molecule has 0 spiro atoms. The number of aliphatic carboxylic acids is 1. The molecule has 17 heavy (non-hydrogen) atoms. The van der Waals surface area contributed by atoms with Crippen LogP contribution >= 0.6 is 27.3 Å². The first-order valence-electron chi connectivity index (χ1n) is 4.69. The Hall–Kier alpha value is -0.440. The summed E-state index contributed by atoms with van der Waals surface area (Å²) in [7, 11) is -2.21. The molecule has 1 rings (SSSR count). The maximum Gasteiger partial charge on any atom is 0.307 e. The first-order chi connectivity index (χ1) is 7.75. The van der Waals surface area contributed by atoms with Crippen LogP contribution in [0.5, 0.6) is 0 Å². The monoisotopic (exact) mass is 341 g/mol. The van der Waals surface area contributed by atoms with Crippen molar-refractivity contribution in [2.75, 3.05) is 13.6 Å². The van der Waals surface area contributed by atoms with E-state index in [2.05, 4.69) is 15.9 Å². The van der Waals surface area contributed by atoms with Gasteiger partial charge < -0.3 is 5.11 Å². The summed E-state index contributed by atoms with van der Waals surface area (Å²) in [5.41, 5.74) is 0. The van der Waals surface area contributed by atoms with Crippen LogP contribution in [0.1, 0.15) is 6.92 Å². The minimum Gasteiger partial charge on any atom is -0.481 e. The van der Waals surface area contributed by atoms with E-state index in [9.17, 15) is 13.2 Å². The molecule has 0 saturated heterocycles. The molecule has 0 bridgehead atoms. The molecule has 0 aliphatic carbocycles. The first-order valence-corrected chi connectivity index (χ1v) is 7.74. The fourth-order valence-electron chi connectivity index (χ4n) is 1.15. The summed E-state index contributed by atoms with van der Waals surface area (Å²) in [5, 5.41) is 8.74. The van der Waals surface area contributed by atoms with Crippen LogP contribution in [0.25, 0.3) is 0 Å². The highest BCUT2D eigenvalue weighted by Crippen LogP contribution is 2.28. The highest BCUT2D eigenvalue weighted by molar-refractivity contribution is 9.11. The van der Waals surface area contributed by atoms with Gasteiger partial charge in [0.15, 0.2) is 0 Å². The van der Waals surface area contributed by atoms with Gasteiger partial charge in [0, 0.05) is 13.6 Å². The molecule has 0 aliphatic heterocycles. The second-order valence-corrected chi connectivity index (χ2v) is 8.32. The smallest absolute Gasteiger partial charge is 0.307 e. The number of hydrogen-bond donors (Lipinski definition) is 1. The maximum atomic E-state index is 12.0. The normalized spacial score (nSPS) is 13.9. The largest absolute Gasteiger partial charge is 0.481 e. The fourth-order valence-corrected chi connectivity index (χ4v) is 4.63. The van der Waals surface area contributed by atoms with E-state index in [4.69, 9.17) is 5.11 Å². The summed E-state index contributed by atoms with van der Waals surface area (Å²) in [6, 6.07) is 3.14. The molecule has 1 aromatic heterocycles. The van der Waals surface area contributed by atoms with Crippen molar-refractivity contribution in [2.24, 2.45) is 5.92 Å². The number of rotatable bonds is 5. The van der Waals surface area contributed by atoms with E-state index < -0.39 is 21.9 Å². The van der Waals surface area contributed by atoms with Gasteiger partial charge in [-0.1, -0.05) is 6.92 Å². The standard InChI is InChI=1S/C9H12BrNO4S2/c1-6(9(12)13)5-11(2)17(14,15)8-4-3-7(10)16-8/h3-4,6H,5H2,1-2H3,(H,12,13). The van der Waals surface area contributed by atoms with Crippen molar-refractivity contribution in [1.29, 1.82) is 0 Å². The SMILES string of the molecule is CC(CN(C)S(=O)(=O)c1ccc(Br)s1)C(=O)O. The van der Waals surface area contributed by atoms with Gasteiger partial charge in [0.25, 0.3) is 10.0 Å². The summed E-state index contributed by atoms with van der Waals surface area (Å²) in [5.74, 6) is -1.75. The lowest BCUT2D eigenvalue weighted by Crippen LogP contribution is -2.33. The van der Waals surface area contributed by atoms with E-state index in [1.54, 1.807) is 6.07 Å². The Kier molecular flexibility index (Phi) is 4.70. The van der Waals surface area contributed by atoms with Crippen molar-refractivity contribution in [3.8, 4) is 0 Å². The van der Waals surface area contributed by atoms with Crippen LogP contribution in [0.3, 0.4) is 0 Å². The summed E-state index contributed by atoms with van der Waals surface area (Å²) < 4.78 is 26.0. The number of hydrogen-bond acceptors (Lipinski definition) is 4.